The van der Waals surface area contributed by atoms with Crippen molar-refractivity contribution < 1.29 is 24.1 Å². The molecule has 1 aliphatic carbocycles. The second-order valence-corrected chi connectivity index (χ2v) is 8.15. The fourth-order valence-corrected chi connectivity index (χ4v) is 4.17. The Balaban J connectivity index is 1.48. The van der Waals surface area contributed by atoms with Crippen LogP contribution in [0, 0.1) is 0 Å². The van der Waals surface area contributed by atoms with Crippen LogP contribution >= 0.6 is 0 Å². The number of benzene rings is 2. The monoisotopic (exact) mass is 451 g/mol. The summed E-state index contributed by atoms with van der Waals surface area (Å²) in [6, 6.07) is 15.1. The predicted octanol–water partition coefficient (Wildman–Crippen LogP) is 4.32. The fourth-order valence-electron chi connectivity index (χ4n) is 4.17. The maximum absolute atomic E-state index is 12.5. The van der Waals surface area contributed by atoms with E-state index in [0.717, 1.165) is 37.0 Å². The number of hydrogen-bond acceptors (Lipinski definition) is 7. The molecule has 2 aromatic carbocycles. The normalized spacial score (nSPS) is 18.0. The van der Waals surface area contributed by atoms with Crippen molar-refractivity contribution in [3.05, 3.63) is 65.4 Å². The number of nitrogens with zero attached hydrogens (tertiary/aromatic N) is 3. The summed E-state index contributed by atoms with van der Waals surface area (Å²) in [6.07, 6.45) is 3.58. The van der Waals surface area contributed by atoms with Crippen molar-refractivity contribution in [2.24, 2.45) is 0 Å². The summed E-state index contributed by atoms with van der Waals surface area (Å²) in [4.78, 5) is 12.5. The molecule has 1 fully saturated rings. The first-order valence-corrected chi connectivity index (χ1v) is 11.3. The number of aromatic hydroxyl groups is 1. The molecular formula is C25H29N3O5. The predicted molar refractivity (Wildman–Crippen MR) is 122 cm³/mol. The number of phenolic OH excluding ortho intramolecular Hbond substituents is 1. The van der Waals surface area contributed by atoms with E-state index in [1.807, 2.05) is 36.4 Å². The number of ether oxygens (including phenoxy) is 3. The van der Waals surface area contributed by atoms with Crippen molar-refractivity contribution in [3.8, 4) is 17.4 Å². The number of methoxy groups -OCH3 is 1. The van der Waals surface area contributed by atoms with Gasteiger partial charge in [-0.3, -0.25) is 0 Å². The Bertz CT molecular complexity index is 1050. The molecule has 0 unspecified atom stereocenters. The average Bonchev–Trinajstić information content (AvgIpc) is 3.23. The Kier molecular flexibility index (Phi) is 7.12. The molecule has 0 spiro atoms. The molecule has 1 aliphatic rings. The molecular weight excluding hydrogens is 422 g/mol. The fraction of sp³-hybridized carbons (Fsp3) is 0.400. The van der Waals surface area contributed by atoms with Gasteiger partial charge in [-0.05, 0) is 73.9 Å². The summed E-state index contributed by atoms with van der Waals surface area (Å²) in [7, 11) is 1.63. The Morgan fingerprint density at radius 3 is 2.39 bits per heavy atom. The van der Waals surface area contributed by atoms with Gasteiger partial charge in [0.2, 0.25) is 11.6 Å². The van der Waals surface area contributed by atoms with Crippen molar-refractivity contribution in [1.82, 2.24) is 15.0 Å². The third-order valence-electron chi connectivity index (χ3n) is 5.97. The minimum Gasteiger partial charge on any atom is -0.508 e. The van der Waals surface area contributed by atoms with Gasteiger partial charge < -0.3 is 19.3 Å². The molecule has 0 saturated heterocycles. The summed E-state index contributed by atoms with van der Waals surface area (Å²) in [5, 5.41) is 17.8. The third-order valence-corrected chi connectivity index (χ3v) is 5.97. The second kappa shape index (κ2) is 10.4. The van der Waals surface area contributed by atoms with Crippen LogP contribution in [-0.2, 0) is 11.3 Å². The number of carbonyl (C=O) groups is 1. The van der Waals surface area contributed by atoms with Crippen molar-refractivity contribution >= 4 is 5.97 Å². The van der Waals surface area contributed by atoms with E-state index in [1.165, 1.54) is 5.56 Å². The van der Waals surface area contributed by atoms with E-state index in [0.29, 0.717) is 18.3 Å². The molecule has 1 heterocycles. The SMILES string of the molecule is CCOC(=O)c1nnn(Cc2ccc(OC)cc2)c1OC1CCC(c2ccc(O)cc2)CC1. The van der Waals surface area contributed by atoms with Gasteiger partial charge in [0, 0.05) is 0 Å². The second-order valence-electron chi connectivity index (χ2n) is 8.15. The van der Waals surface area contributed by atoms with Crippen LogP contribution in [0.5, 0.6) is 17.4 Å². The summed E-state index contributed by atoms with van der Waals surface area (Å²) < 4.78 is 18.3. The highest BCUT2D eigenvalue weighted by atomic mass is 16.5. The Labute approximate surface area is 193 Å². The number of esters is 1. The maximum atomic E-state index is 12.5. The van der Waals surface area contributed by atoms with Crippen LogP contribution < -0.4 is 9.47 Å². The van der Waals surface area contributed by atoms with Gasteiger partial charge in [-0.25, -0.2) is 9.48 Å². The van der Waals surface area contributed by atoms with Gasteiger partial charge >= 0.3 is 5.97 Å². The van der Waals surface area contributed by atoms with E-state index in [2.05, 4.69) is 10.3 Å². The first-order valence-electron chi connectivity index (χ1n) is 11.3. The summed E-state index contributed by atoms with van der Waals surface area (Å²) >= 11 is 0. The van der Waals surface area contributed by atoms with Crippen molar-refractivity contribution in [2.75, 3.05) is 13.7 Å². The number of carbonyl (C=O) groups excluding carboxylic acids is 1. The highest BCUT2D eigenvalue weighted by Gasteiger charge is 2.29. The van der Waals surface area contributed by atoms with Gasteiger partial charge in [0.05, 0.1) is 20.3 Å². The Morgan fingerprint density at radius 1 is 1.06 bits per heavy atom. The molecule has 0 bridgehead atoms. The van der Waals surface area contributed by atoms with Crippen molar-refractivity contribution in [1.29, 1.82) is 0 Å². The maximum Gasteiger partial charge on any atom is 0.364 e. The molecule has 1 saturated carbocycles. The smallest absolute Gasteiger partial charge is 0.364 e. The topological polar surface area (TPSA) is 95.7 Å². The van der Waals surface area contributed by atoms with Crippen LogP contribution in [0.15, 0.2) is 48.5 Å². The van der Waals surface area contributed by atoms with Crippen LogP contribution in [-0.4, -0.2) is 45.9 Å². The Morgan fingerprint density at radius 2 is 1.76 bits per heavy atom. The molecule has 4 rings (SSSR count). The van der Waals surface area contributed by atoms with E-state index in [9.17, 15) is 9.90 Å². The van der Waals surface area contributed by atoms with Crippen LogP contribution in [0.3, 0.4) is 0 Å². The number of rotatable bonds is 8. The van der Waals surface area contributed by atoms with Gasteiger partial charge in [0.1, 0.15) is 17.6 Å². The molecule has 8 heteroatoms. The average molecular weight is 452 g/mol. The van der Waals surface area contributed by atoms with E-state index in [-0.39, 0.29) is 24.2 Å². The highest BCUT2D eigenvalue weighted by molar-refractivity contribution is 5.89. The minimum absolute atomic E-state index is 0.0420. The van der Waals surface area contributed by atoms with E-state index < -0.39 is 5.97 Å². The molecule has 174 valence electrons. The largest absolute Gasteiger partial charge is 0.508 e. The van der Waals surface area contributed by atoms with Gasteiger partial charge in [-0.15, -0.1) is 5.10 Å². The summed E-state index contributed by atoms with van der Waals surface area (Å²) in [6.45, 7) is 2.42. The van der Waals surface area contributed by atoms with Crippen LogP contribution in [0.1, 0.15) is 60.1 Å². The van der Waals surface area contributed by atoms with Crippen molar-refractivity contribution in [2.45, 2.75) is 51.2 Å². The third kappa shape index (κ3) is 5.45. The van der Waals surface area contributed by atoms with E-state index in [1.54, 1.807) is 30.8 Å². The minimum atomic E-state index is -0.536. The number of hydrogen-bond donors (Lipinski definition) is 1. The first kappa shape index (κ1) is 22.6. The first-order chi connectivity index (χ1) is 16.1. The molecule has 3 aromatic rings. The number of aromatic nitrogens is 3. The zero-order chi connectivity index (χ0) is 23.2. The molecule has 1 N–H and O–H groups in total. The zero-order valence-electron chi connectivity index (χ0n) is 18.9. The molecule has 1 aromatic heterocycles. The van der Waals surface area contributed by atoms with E-state index >= 15 is 0 Å². The molecule has 33 heavy (non-hydrogen) atoms. The highest BCUT2D eigenvalue weighted by Crippen LogP contribution is 2.35. The van der Waals surface area contributed by atoms with E-state index in [4.69, 9.17) is 14.2 Å². The lowest BCUT2D eigenvalue weighted by molar-refractivity contribution is 0.0507. The zero-order valence-corrected chi connectivity index (χ0v) is 18.9. The van der Waals surface area contributed by atoms with Crippen LogP contribution in [0.25, 0.3) is 0 Å². The summed E-state index contributed by atoms with van der Waals surface area (Å²) in [5.74, 6) is 1.28. The molecule has 0 aliphatic heterocycles. The molecule has 0 amide bonds. The number of phenols is 1. The Hall–Kier alpha value is -3.55. The van der Waals surface area contributed by atoms with Crippen LogP contribution in [0.2, 0.25) is 0 Å². The van der Waals surface area contributed by atoms with Gasteiger partial charge in [-0.2, -0.15) is 0 Å². The quantitative estimate of drug-likeness (QED) is 0.510. The standard InChI is InChI=1S/C25H29N3O5/c1-3-32-25(30)23-24(28(27-26-23)16-17-4-12-21(31-2)13-5-17)33-22-14-8-19(9-15-22)18-6-10-20(29)11-7-18/h4-7,10-13,19,22,29H,3,8-9,14-16H2,1-2H3. The summed E-state index contributed by atoms with van der Waals surface area (Å²) in [5.41, 5.74) is 2.31. The van der Waals surface area contributed by atoms with Crippen molar-refractivity contribution in [3.63, 3.8) is 0 Å². The molecule has 8 nitrogen and oxygen atoms in total. The lowest BCUT2D eigenvalue weighted by Gasteiger charge is -2.29. The lowest BCUT2D eigenvalue weighted by Crippen LogP contribution is -2.25. The van der Waals surface area contributed by atoms with Gasteiger partial charge in [0.25, 0.3) is 0 Å². The molecule has 0 radical (unpaired) electrons. The van der Waals surface area contributed by atoms with Gasteiger partial charge in [0.15, 0.2) is 0 Å². The lowest BCUT2D eigenvalue weighted by atomic mass is 9.83. The van der Waals surface area contributed by atoms with Gasteiger partial charge in [-0.1, -0.05) is 29.5 Å². The molecule has 0 atom stereocenters. The van der Waals surface area contributed by atoms with Crippen LogP contribution in [0.4, 0.5) is 0 Å².